The predicted molar refractivity (Wildman–Crippen MR) is 149 cm³/mol. The van der Waals surface area contributed by atoms with Crippen LogP contribution in [0.15, 0.2) is 49.3 Å². The Hall–Kier alpha value is -4.20. The van der Waals surface area contributed by atoms with Gasteiger partial charge in [-0.05, 0) is 56.0 Å². The SMILES string of the molecule is C=CC(=O)N1CC2(CC(c3nc(-c4ccc5c(cnn5C)c4C)c(-c4c(C)ccc5[nH]ncc45)n3C)C2)C1. The highest BCUT2D eigenvalue weighted by Crippen LogP contribution is 2.56. The second-order valence-electron chi connectivity index (χ2n) is 11.3. The Labute approximate surface area is 221 Å². The van der Waals surface area contributed by atoms with Crippen LogP contribution in [0.3, 0.4) is 0 Å². The predicted octanol–water partition coefficient (Wildman–Crippen LogP) is 5.03. The van der Waals surface area contributed by atoms with Gasteiger partial charge < -0.3 is 9.47 Å². The first-order valence-electron chi connectivity index (χ1n) is 13.1. The normalized spacial score (nSPS) is 16.8. The lowest BCUT2D eigenvalue weighted by molar-refractivity contribution is -0.146. The van der Waals surface area contributed by atoms with Gasteiger partial charge in [-0.25, -0.2) is 4.98 Å². The molecular weight excluding hydrogens is 474 g/mol. The molecule has 1 spiro atoms. The third-order valence-corrected chi connectivity index (χ3v) is 8.92. The van der Waals surface area contributed by atoms with E-state index in [9.17, 15) is 4.79 Å². The van der Waals surface area contributed by atoms with Crippen LogP contribution in [0.25, 0.3) is 44.3 Å². The van der Waals surface area contributed by atoms with Crippen LogP contribution in [-0.2, 0) is 18.9 Å². The van der Waals surface area contributed by atoms with Gasteiger partial charge in [-0.3, -0.25) is 14.6 Å². The molecule has 2 aliphatic rings. The van der Waals surface area contributed by atoms with Crippen molar-refractivity contribution in [2.45, 2.75) is 32.6 Å². The van der Waals surface area contributed by atoms with Crippen LogP contribution in [-0.4, -0.2) is 53.4 Å². The molecule has 1 aliphatic heterocycles. The molecular formula is C30H31N7O. The minimum absolute atomic E-state index is 0.0330. The number of nitrogens with zero attached hydrogens (tertiary/aromatic N) is 6. The highest BCUT2D eigenvalue weighted by molar-refractivity contribution is 6.00. The van der Waals surface area contributed by atoms with E-state index in [1.54, 1.807) is 0 Å². The number of aromatic amines is 1. The van der Waals surface area contributed by atoms with Gasteiger partial charge in [0.05, 0.1) is 34.8 Å². The van der Waals surface area contributed by atoms with Crippen molar-refractivity contribution in [3.05, 3.63) is 66.3 Å². The second-order valence-corrected chi connectivity index (χ2v) is 11.3. The lowest BCUT2D eigenvalue weighted by Crippen LogP contribution is -2.63. The van der Waals surface area contributed by atoms with Crippen LogP contribution in [0.4, 0.5) is 0 Å². The zero-order valence-corrected chi connectivity index (χ0v) is 22.2. The van der Waals surface area contributed by atoms with E-state index in [2.05, 4.69) is 71.6 Å². The Morgan fingerprint density at radius 2 is 1.89 bits per heavy atom. The Kier molecular flexibility index (Phi) is 4.77. The van der Waals surface area contributed by atoms with Crippen LogP contribution in [0, 0.1) is 19.3 Å². The Balaban J connectivity index is 1.37. The van der Waals surface area contributed by atoms with E-state index >= 15 is 0 Å². The second kappa shape index (κ2) is 7.90. The quantitative estimate of drug-likeness (QED) is 0.348. The van der Waals surface area contributed by atoms with Crippen LogP contribution in [0.2, 0.25) is 0 Å². The first kappa shape index (κ1) is 23.0. The van der Waals surface area contributed by atoms with Crippen molar-refractivity contribution in [3.63, 3.8) is 0 Å². The van der Waals surface area contributed by atoms with Crippen LogP contribution in [0.5, 0.6) is 0 Å². The summed E-state index contributed by atoms with van der Waals surface area (Å²) in [7, 11) is 4.13. The van der Waals surface area contributed by atoms with Crippen molar-refractivity contribution in [1.29, 1.82) is 0 Å². The summed E-state index contributed by atoms with van der Waals surface area (Å²) in [5.74, 6) is 1.50. The fraction of sp³-hybridized carbons (Fsp3) is 0.333. The van der Waals surface area contributed by atoms with Crippen molar-refractivity contribution in [2.24, 2.45) is 19.5 Å². The zero-order valence-electron chi connectivity index (χ0n) is 22.2. The highest BCUT2D eigenvalue weighted by atomic mass is 16.2. The van der Waals surface area contributed by atoms with Gasteiger partial charge >= 0.3 is 0 Å². The molecule has 1 saturated carbocycles. The topological polar surface area (TPSA) is 84.6 Å². The number of aryl methyl sites for hydroxylation is 3. The molecule has 4 heterocycles. The van der Waals surface area contributed by atoms with E-state index in [1.807, 2.05) is 29.0 Å². The number of H-pyrrole nitrogens is 1. The number of benzene rings is 2. The lowest BCUT2D eigenvalue weighted by Gasteiger charge is -2.58. The van der Waals surface area contributed by atoms with Crippen molar-refractivity contribution < 1.29 is 4.79 Å². The summed E-state index contributed by atoms with van der Waals surface area (Å²) in [5.41, 5.74) is 9.14. The van der Waals surface area contributed by atoms with Crippen molar-refractivity contribution in [1.82, 2.24) is 34.4 Å². The first-order valence-corrected chi connectivity index (χ1v) is 13.1. The van der Waals surface area contributed by atoms with E-state index in [1.165, 1.54) is 22.8 Å². The molecule has 1 N–H and O–H groups in total. The molecule has 2 fully saturated rings. The average Bonchev–Trinajstić information content (AvgIpc) is 3.56. The Bertz CT molecular complexity index is 1770. The monoisotopic (exact) mass is 505 g/mol. The number of fused-ring (bicyclic) bond motifs is 2. The minimum atomic E-state index is 0.0330. The molecule has 1 aliphatic carbocycles. The molecule has 1 amide bonds. The first-order chi connectivity index (χ1) is 18.3. The van der Waals surface area contributed by atoms with Crippen molar-refractivity contribution in [2.75, 3.05) is 13.1 Å². The molecule has 0 unspecified atom stereocenters. The molecule has 192 valence electrons. The summed E-state index contributed by atoms with van der Waals surface area (Å²) in [6.45, 7) is 9.61. The van der Waals surface area contributed by atoms with Gasteiger partial charge in [0.25, 0.3) is 0 Å². The maximum Gasteiger partial charge on any atom is 0.245 e. The summed E-state index contributed by atoms with van der Waals surface area (Å²) < 4.78 is 4.22. The number of likely N-dealkylation sites (tertiary alicyclic amines) is 1. The molecule has 38 heavy (non-hydrogen) atoms. The van der Waals surface area contributed by atoms with E-state index in [0.29, 0.717) is 5.92 Å². The summed E-state index contributed by atoms with van der Waals surface area (Å²) in [4.78, 5) is 19.3. The number of carbonyl (C=O) groups excluding carboxylic acids is 1. The number of carbonyl (C=O) groups is 1. The molecule has 0 atom stereocenters. The number of nitrogens with one attached hydrogen (secondary N) is 1. The molecule has 8 nitrogen and oxygen atoms in total. The molecule has 2 aromatic carbocycles. The minimum Gasteiger partial charge on any atom is -0.338 e. The summed E-state index contributed by atoms with van der Waals surface area (Å²) in [5, 5.41) is 14.2. The Morgan fingerprint density at radius 1 is 1.11 bits per heavy atom. The van der Waals surface area contributed by atoms with Crippen molar-refractivity contribution in [3.8, 4) is 22.5 Å². The van der Waals surface area contributed by atoms with Gasteiger partial charge in [-0.1, -0.05) is 18.7 Å². The van der Waals surface area contributed by atoms with Gasteiger partial charge in [-0.15, -0.1) is 0 Å². The van der Waals surface area contributed by atoms with E-state index < -0.39 is 0 Å². The fourth-order valence-corrected chi connectivity index (χ4v) is 6.89. The summed E-state index contributed by atoms with van der Waals surface area (Å²) in [6.07, 6.45) is 7.38. The summed E-state index contributed by atoms with van der Waals surface area (Å²) >= 11 is 0. The number of rotatable bonds is 4. The number of aromatic nitrogens is 6. The maximum atomic E-state index is 12.0. The van der Waals surface area contributed by atoms with E-state index in [4.69, 9.17) is 4.98 Å². The molecule has 5 aromatic rings. The van der Waals surface area contributed by atoms with Gasteiger partial charge in [0.2, 0.25) is 5.91 Å². The molecule has 1 saturated heterocycles. The summed E-state index contributed by atoms with van der Waals surface area (Å²) in [6, 6.07) is 8.58. The van der Waals surface area contributed by atoms with Crippen LogP contribution >= 0.6 is 0 Å². The van der Waals surface area contributed by atoms with Gasteiger partial charge in [-0.2, -0.15) is 10.2 Å². The average molecular weight is 506 g/mol. The molecule has 0 bridgehead atoms. The molecule has 8 heteroatoms. The largest absolute Gasteiger partial charge is 0.338 e. The van der Waals surface area contributed by atoms with E-state index in [-0.39, 0.29) is 11.3 Å². The van der Waals surface area contributed by atoms with Gasteiger partial charge in [0.15, 0.2) is 0 Å². The number of imidazole rings is 1. The Morgan fingerprint density at radius 3 is 2.66 bits per heavy atom. The van der Waals surface area contributed by atoms with Crippen molar-refractivity contribution >= 4 is 27.7 Å². The number of hydrogen-bond donors (Lipinski definition) is 1. The fourth-order valence-electron chi connectivity index (χ4n) is 6.89. The van der Waals surface area contributed by atoms with Crippen LogP contribution < -0.4 is 0 Å². The smallest absolute Gasteiger partial charge is 0.245 e. The third-order valence-electron chi connectivity index (χ3n) is 8.92. The van der Waals surface area contributed by atoms with E-state index in [0.717, 1.165) is 70.5 Å². The third kappa shape index (κ3) is 3.09. The van der Waals surface area contributed by atoms with Gasteiger partial charge in [0.1, 0.15) is 5.82 Å². The number of amides is 1. The lowest BCUT2D eigenvalue weighted by atomic mass is 9.57. The highest BCUT2D eigenvalue weighted by Gasteiger charge is 2.54. The van der Waals surface area contributed by atoms with Crippen LogP contribution in [0.1, 0.15) is 35.7 Å². The molecule has 0 radical (unpaired) electrons. The molecule has 3 aromatic heterocycles. The van der Waals surface area contributed by atoms with Gasteiger partial charge in [0, 0.05) is 60.4 Å². The molecule has 7 rings (SSSR count). The number of hydrogen-bond acceptors (Lipinski definition) is 4. The standard InChI is InChI=1S/C30H31N7O/c1-6-25(38)37-15-30(16-37)11-19(12-30)29-33-27(20-8-10-24-21(18(20)3)14-32-36(24)5)28(35(29)4)26-17(2)7-9-23-22(26)13-31-34-23/h6-10,13-14,19H,1,11-12,15-16H2,2-5H3,(H,31,34). The zero-order chi connectivity index (χ0) is 26.3. The maximum absolute atomic E-state index is 12.0.